The van der Waals surface area contributed by atoms with Crippen molar-refractivity contribution < 1.29 is 18.0 Å². The van der Waals surface area contributed by atoms with E-state index in [1.807, 2.05) is 6.07 Å². The van der Waals surface area contributed by atoms with Gasteiger partial charge < -0.3 is 10.6 Å². The maximum atomic E-state index is 12.5. The van der Waals surface area contributed by atoms with Gasteiger partial charge in [0.05, 0.1) is 11.6 Å². The van der Waals surface area contributed by atoms with Crippen molar-refractivity contribution in [3.8, 4) is 0 Å². The fourth-order valence-corrected chi connectivity index (χ4v) is 1.93. The first-order valence-corrected chi connectivity index (χ1v) is 6.66. The van der Waals surface area contributed by atoms with Crippen molar-refractivity contribution in [3.63, 3.8) is 0 Å². The van der Waals surface area contributed by atoms with E-state index >= 15 is 0 Å². The van der Waals surface area contributed by atoms with Crippen LogP contribution in [-0.2, 0) is 6.18 Å². The van der Waals surface area contributed by atoms with Crippen LogP contribution in [-0.4, -0.2) is 6.03 Å². The summed E-state index contributed by atoms with van der Waals surface area (Å²) in [7, 11) is 0. The zero-order valence-electron chi connectivity index (χ0n) is 11.8. The number of amides is 2. The van der Waals surface area contributed by atoms with Gasteiger partial charge in [0.15, 0.2) is 0 Å². The molecule has 0 saturated carbocycles. The van der Waals surface area contributed by atoms with Crippen LogP contribution in [0.2, 0.25) is 0 Å². The number of alkyl halides is 3. The Morgan fingerprint density at radius 3 is 2.14 bits per heavy atom. The molecule has 0 aromatic heterocycles. The Morgan fingerprint density at radius 1 is 1.00 bits per heavy atom. The van der Waals surface area contributed by atoms with Crippen LogP contribution in [0.3, 0.4) is 0 Å². The summed E-state index contributed by atoms with van der Waals surface area (Å²) in [6.45, 7) is 1.70. The molecule has 1 atom stereocenters. The van der Waals surface area contributed by atoms with Gasteiger partial charge in [0.2, 0.25) is 0 Å². The number of para-hydroxylation sites is 1. The zero-order valence-corrected chi connectivity index (χ0v) is 11.8. The van der Waals surface area contributed by atoms with Crippen molar-refractivity contribution in [2.45, 2.75) is 19.1 Å². The summed E-state index contributed by atoms with van der Waals surface area (Å²) in [5, 5.41) is 5.32. The SMILES string of the molecule is C[C@@H](NC(=O)Nc1ccccc1)c1ccc(C(F)(F)F)cc1. The summed E-state index contributed by atoms with van der Waals surface area (Å²) in [6, 6.07) is 12.8. The van der Waals surface area contributed by atoms with Crippen LogP contribution in [0, 0.1) is 0 Å². The van der Waals surface area contributed by atoms with Crippen molar-refractivity contribution in [1.29, 1.82) is 0 Å². The summed E-state index contributed by atoms with van der Waals surface area (Å²) in [6.07, 6.45) is -4.36. The second-order valence-corrected chi connectivity index (χ2v) is 4.81. The molecule has 0 aliphatic carbocycles. The Labute approximate surface area is 126 Å². The molecule has 0 spiro atoms. The summed E-state index contributed by atoms with van der Waals surface area (Å²) in [5.41, 5.74) is 0.521. The number of rotatable bonds is 3. The van der Waals surface area contributed by atoms with E-state index in [1.165, 1.54) is 12.1 Å². The smallest absolute Gasteiger partial charge is 0.331 e. The lowest BCUT2D eigenvalue weighted by molar-refractivity contribution is -0.137. The average Bonchev–Trinajstić information content (AvgIpc) is 2.47. The zero-order chi connectivity index (χ0) is 16.2. The van der Waals surface area contributed by atoms with Gasteiger partial charge in [-0.15, -0.1) is 0 Å². The van der Waals surface area contributed by atoms with Gasteiger partial charge in [-0.25, -0.2) is 4.79 Å². The Bertz CT molecular complexity index is 624. The second-order valence-electron chi connectivity index (χ2n) is 4.81. The van der Waals surface area contributed by atoms with Crippen molar-refractivity contribution in [2.75, 3.05) is 5.32 Å². The normalized spacial score (nSPS) is 12.5. The number of hydrogen-bond donors (Lipinski definition) is 2. The van der Waals surface area contributed by atoms with E-state index in [0.29, 0.717) is 11.3 Å². The summed E-state index contributed by atoms with van der Waals surface area (Å²) >= 11 is 0. The largest absolute Gasteiger partial charge is 0.416 e. The summed E-state index contributed by atoms with van der Waals surface area (Å²) < 4.78 is 37.5. The molecule has 6 heteroatoms. The molecule has 2 aromatic carbocycles. The van der Waals surface area contributed by atoms with E-state index in [1.54, 1.807) is 31.2 Å². The van der Waals surface area contributed by atoms with Gasteiger partial charge in [-0.3, -0.25) is 0 Å². The molecular formula is C16H15F3N2O. The highest BCUT2D eigenvalue weighted by molar-refractivity contribution is 5.89. The van der Waals surface area contributed by atoms with Gasteiger partial charge in [0, 0.05) is 5.69 Å². The molecule has 3 nitrogen and oxygen atoms in total. The quantitative estimate of drug-likeness (QED) is 0.855. The van der Waals surface area contributed by atoms with E-state index in [9.17, 15) is 18.0 Å². The lowest BCUT2D eigenvalue weighted by Crippen LogP contribution is -2.31. The molecule has 0 unspecified atom stereocenters. The molecule has 0 bridgehead atoms. The van der Waals surface area contributed by atoms with Crippen molar-refractivity contribution in [2.24, 2.45) is 0 Å². The van der Waals surface area contributed by atoms with E-state index in [2.05, 4.69) is 10.6 Å². The van der Waals surface area contributed by atoms with Crippen LogP contribution in [0.5, 0.6) is 0 Å². The third-order valence-corrected chi connectivity index (χ3v) is 3.12. The topological polar surface area (TPSA) is 41.1 Å². The fourth-order valence-electron chi connectivity index (χ4n) is 1.93. The molecule has 2 N–H and O–H groups in total. The number of carbonyl (C=O) groups is 1. The second kappa shape index (κ2) is 6.51. The Kier molecular flexibility index (Phi) is 4.70. The highest BCUT2D eigenvalue weighted by atomic mass is 19.4. The molecule has 116 valence electrons. The first-order chi connectivity index (χ1) is 10.4. The number of carbonyl (C=O) groups excluding carboxylic acids is 1. The van der Waals surface area contributed by atoms with Crippen LogP contribution in [0.4, 0.5) is 23.7 Å². The number of nitrogens with one attached hydrogen (secondary N) is 2. The first-order valence-electron chi connectivity index (χ1n) is 6.66. The third-order valence-electron chi connectivity index (χ3n) is 3.12. The third kappa shape index (κ3) is 4.25. The Hall–Kier alpha value is -2.50. The standard InChI is InChI=1S/C16H15F3N2O/c1-11(12-7-9-13(10-8-12)16(17,18)19)20-15(22)21-14-5-3-2-4-6-14/h2-11H,1H3,(H2,20,21,22)/t11-/m1/s1. The Morgan fingerprint density at radius 2 is 1.59 bits per heavy atom. The molecule has 0 saturated heterocycles. The maximum absolute atomic E-state index is 12.5. The average molecular weight is 308 g/mol. The summed E-state index contributed by atoms with van der Waals surface area (Å²) in [4.78, 5) is 11.8. The molecule has 2 rings (SSSR count). The lowest BCUT2D eigenvalue weighted by Gasteiger charge is -2.16. The van der Waals surface area contributed by atoms with Crippen molar-refractivity contribution in [1.82, 2.24) is 5.32 Å². The number of hydrogen-bond acceptors (Lipinski definition) is 1. The molecule has 0 aliphatic rings. The van der Waals surface area contributed by atoms with Crippen LogP contribution in [0.15, 0.2) is 54.6 Å². The minimum absolute atomic E-state index is 0.411. The van der Waals surface area contributed by atoms with Crippen LogP contribution in [0.25, 0.3) is 0 Å². The number of halogens is 3. The first kappa shape index (κ1) is 15.9. The molecular weight excluding hydrogens is 293 g/mol. The minimum Gasteiger partial charge on any atom is -0.331 e. The van der Waals surface area contributed by atoms with E-state index in [4.69, 9.17) is 0 Å². The molecule has 2 amide bonds. The lowest BCUT2D eigenvalue weighted by atomic mass is 10.1. The van der Waals surface area contributed by atoms with Crippen molar-refractivity contribution in [3.05, 3.63) is 65.7 Å². The Balaban J connectivity index is 1.97. The number of anilines is 1. The van der Waals surface area contributed by atoms with Gasteiger partial charge in [-0.2, -0.15) is 13.2 Å². The number of urea groups is 1. The molecule has 2 aromatic rings. The molecule has 22 heavy (non-hydrogen) atoms. The minimum atomic E-state index is -4.36. The van der Waals surface area contributed by atoms with Crippen LogP contribution < -0.4 is 10.6 Å². The van der Waals surface area contributed by atoms with Gasteiger partial charge in [0.25, 0.3) is 0 Å². The van der Waals surface area contributed by atoms with E-state index in [0.717, 1.165) is 12.1 Å². The van der Waals surface area contributed by atoms with Gasteiger partial charge >= 0.3 is 12.2 Å². The highest BCUT2D eigenvalue weighted by Crippen LogP contribution is 2.29. The highest BCUT2D eigenvalue weighted by Gasteiger charge is 2.30. The molecule has 0 fully saturated rings. The van der Waals surface area contributed by atoms with Gasteiger partial charge in [0.1, 0.15) is 0 Å². The molecule has 0 radical (unpaired) electrons. The number of benzene rings is 2. The van der Waals surface area contributed by atoms with Gasteiger partial charge in [-0.05, 0) is 36.8 Å². The predicted octanol–water partition coefficient (Wildman–Crippen LogP) is 4.59. The monoisotopic (exact) mass is 308 g/mol. The van der Waals surface area contributed by atoms with E-state index < -0.39 is 23.8 Å². The maximum Gasteiger partial charge on any atom is 0.416 e. The molecule has 0 aliphatic heterocycles. The van der Waals surface area contributed by atoms with Crippen molar-refractivity contribution >= 4 is 11.7 Å². The van der Waals surface area contributed by atoms with Crippen LogP contribution >= 0.6 is 0 Å². The molecule has 0 heterocycles. The predicted molar refractivity (Wildman–Crippen MR) is 78.5 cm³/mol. The van der Waals surface area contributed by atoms with Crippen LogP contribution in [0.1, 0.15) is 24.1 Å². The van der Waals surface area contributed by atoms with Gasteiger partial charge in [-0.1, -0.05) is 30.3 Å². The fraction of sp³-hybridized carbons (Fsp3) is 0.188. The summed E-state index contributed by atoms with van der Waals surface area (Å²) in [5.74, 6) is 0. The van der Waals surface area contributed by atoms with E-state index in [-0.39, 0.29) is 0 Å².